The minimum absolute atomic E-state index is 0.000186. The van der Waals surface area contributed by atoms with E-state index in [-0.39, 0.29) is 24.2 Å². The van der Waals surface area contributed by atoms with Crippen molar-refractivity contribution in [3.63, 3.8) is 0 Å². The van der Waals surface area contributed by atoms with Crippen LogP contribution >= 0.6 is 0 Å². The zero-order valence-electron chi connectivity index (χ0n) is 13.5. The third-order valence-corrected chi connectivity index (χ3v) is 4.38. The summed E-state index contributed by atoms with van der Waals surface area (Å²) in [6.45, 7) is 2.80. The molecule has 23 heavy (non-hydrogen) atoms. The van der Waals surface area contributed by atoms with Gasteiger partial charge in [0, 0.05) is 30.9 Å². The fourth-order valence-corrected chi connectivity index (χ4v) is 2.98. The number of likely N-dealkylation sites (tertiary alicyclic amines) is 1. The monoisotopic (exact) mass is 321 g/mol. The Bertz CT molecular complexity index is 559. The van der Waals surface area contributed by atoms with Gasteiger partial charge in [0.15, 0.2) is 0 Å². The van der Waals surface area contributed by atoms with Gasteiger partial charge in [0.05, 0.1) is 17.6 Å². The summed E-state index contributed by atoms with van der Waals surface area (Å²) in [5.74, 6) is -0.0913. The third-order valence-electron chi connectivity index (χ3n) is 4.38. The van der Waals surface area contributed by atoms with Crippen LogP contribution in [0.3, 0.4) is 0 Å². The maximum Gasteiger partial charge on any atom is 0.269 e. The van der Waals surface area contributed by atoms with E-state index in [1.54, 1.807) is 26.1 Å². The molecule has 126 valence electrons. The summed E-state index contributed by atoms with van der Waals surface area (Å²) in [7, 11) is 1.66. The SMILES string of the molecule is CC(O)C1CCCCN1CC(=O)N(C)c1ccc([N+](=O)[O-])cc1. The first-order chi connectivity index (χ1) is 10.9. The van der Waals surface area contributed by atoms with Crippen molar-refractivity contribution in [2.75, 3.05) is 25.0 Å². The lowest BCUT2D eigenvalue weighted by Gasteiger charge is -2.37. The Balaban J connectivity index is 2.02. The van der Waals surface area contributed by atoms with Gasteiger partial charge >= 0.3 is 0 Å². The summed E-state index contributed by atoms with van der Waals surface area (Å²) in [5, 5.41) is 20.5. The number of nitro benzene ring substituents is 1. The number of likely N-dealkylation sites (N-methyl/N-ethyl adjacent to an activating group) is 1. The lowest BCUT2D eigenvalue weighted by atomic mass is 9.98. The first-order valence-electron chi connectivity index (χ1n) is 7.83. The first kappa shape index (κ1) is 17.4. The van der Waals surface area contributed by atoms with E-state index in [1.165, 1.54) is 17.0 Å². The highest BCUT2D eigenvalue weighted by Gasteiger charge is 2.28. The van der Waals surface area contributed by atoms with Crippen molar-refractivity contribution in [2.24, 2.45) is 0 Å². The number of carbonyl (C=O) groups excluding carboxylic acids is 1. The van der Waals surface area contributed by atoms with E-state index in [0.29, 0.717) is 5.69 Å². The Kier molecular flexibility index (Phi) is 5.68. The number of carbonyl (C=O) groups is 1. The molecule has 0 aliphatic carbocycles. The molecule has 7 heteroatoms. The number of aliphatic hydroxyl groups excluding tert-OH is 1. The molecule has 0 spiro atoms. The number of benzene rings is 1. The molecule has 0 aromatic heterocycles. The van der Waals surface area contributed by atoms with Crippen molar-refractivity contribution < 1.29 is 14.8 Å². The molecule has 1 fully saturated rings. The second-order valence-corrected chi connectivity index (χ2v) is 6.00. The molecule has 0 radical (unpaired) electrons. The Hall–Kier alpha value is -1.99. The van der Waals surface area contributed by atoms with E-state index >= 15 is 0 Å². The molecule has 2 rings (SSSR count). The van der Waals surface area contributed by atoms with Crippen LogP contribution in [0.5, 0.6) is 0 Å². The van der Waals surface area contributed by atoms with Crippen LogP contribution in [0.1, 0.15) is 26.2 Å². The molecule has 1 amide bonds. The molecule has 7 nitrogen and oxygen atoms in total. The molecule has 1 aliphatic rings. The Morgan fingerprint density at radius 1 is 1.43 bits per heavy atom. The maximum absolute atomic E-state index is 12.5. The molecule has 2 atom stereocenters. The van der Waals surface area contributed by atoms with Crippen LogP contribution in [0.4, 0.5) is 11.4 Å². The van der Waals surface area contributed by atoms with Gasteiger partial charge in [-0.25, -0.2) is 0 Å². The zero-order chi connectivity index (χ0) is 17.0. The standard InChI is InChI=1S/C16H23N3O4/c1-12(20)15-5-3-4-10-18(15)11-16(21)17(2)13-6-8-14(9-7-13)19(22)23/h6-9,12,15,20H,3-5,10-11H2,1-2H3. The van der Waals surface area contributed by atoms with Gasteiger partial charge in [0.25, 0.3) is 5.69 Å². The van der Waals surface area contributed by atoms with E-state index in [4.69, 9.17) is 0 Å². The number of nitro groups is 1. The highest BCUT2D eigenvalue weighted by molar-refractivity contribution is 5.94. The minimum atomic E-state index is -0.466. The molecule has 2 unspecified atom stereocenters. The Morgan fingerprint density at radius 3 is 2.65 bits per heavy atom. The van der Waals surface area contributed by atoms with Crippen LogP contribution in [0.25, 0.3) is 0 Å². The second kappa shape index (κ2) is 7.52. The Morgan fingerprint density at radius 2 is 2.09 bits per heavy atom. The lowest BCUT2D eigenvalue weighted by molar-refractivity contribution is -0.384. The van der Waals surface area contributed by atoms with Gasteiger partial charge in [-0.2, -0.15) is 0 Å². The molecule has 1 aromatic rings. The number of non-ortho nitro benzene ring substituents is 1. The average molecular weight is 321 g/mol. The third kappa shape index (κ3) is 4.27. The quantitative estimate of drug-likeness (QED) is 0.660. The van der Waals surface area contributed by atoms with Crippen LogP contribution < -0.4 is 4.90 Å². The average Bonchev–Trinajstić information content (AvgIpc) is 2.54. The van der Waals surface area contributed by atoms with Crippen LogP contribution in [0.2, 0.25) is 0 Å². The zero-order valence-corrected chi connectivity index (χ0v) is 13.5. The fraction of sp³-hybridized carbons (Fsp3) is 0.562. The van der Waals surface area contributed by atoms with Crippen molar-refractivity contribution in [1.29, 1.82) is 0 Å². The second-order valence-electron chi connectivity index (χ2n) is 6.00. The molecule has 1 heterocycles. The summed E-state index contributed by atoms with van der Waals surface area (Å²) >= 11 is 0. The predicted octanol–water partition coefficient (Wildman–Crippen LogP) is 1.79. The van der Waals surface area contributed by atoms with Gasteiger partial charge in [-0.3, -0.25) is 19.8 Å². The molecular formula is C16H23N3O4. The van der Waals surface area contributed by atoms with E-state index in [0.717, 1.165) is 25.8 Å². The van der Waals surface area contributed by atoms with Crippen molar-refractivity contribution in [1.82, 2.24) is 4.90 Å². The minimum Gasteiger partial charge on any atom is -0.392 e. The topological polar surface area (TPSA) is 86.9 Å². The summed E-state index contributed by atoms with van der Waals surface area (Å²) in [6.07, 6.45) is 2.52. The summed E-state index contributed by atoms with van der Waals surface area (Å²) in [5.41, 5.74) is 0.617. The van der Waals surface area contributed by atoms with Gasteiger partial charge in [-0.1, -0.05) is 6.42 Å². The summed E-state index contributed by atoms with van der Waals surface area (Å²) in [6, 6.07) is 5.92. The molecule has 1 N–H and O–H groups in total. The maximum atomic E-state index is 12.5. The number of hydrogen-bond donors (Lipinski definition) is 1. The number of rotatable bonds is 5. The van der Waals surface area contributed by atoms with Crippen LogP contribution in [-0.2, 0) is 4.79 Å². The number of amides is 1. The first-order valence-corrected chi connectivity index (χ1v) is 7.83. The van der Waals surface area contributed by atoms with E-state index in [9.17, 15) is 20.0 Å². The van der Waals surface area contributed by atoms with Crippen LogP contribution in [0.15, 0.2) is 24.3 Å². The van der Waals surface area contributed by atoms with Gasteiger partial charge in [-0.05, 0) is 38.4 Å². The van der Waals surface area contributed by atoms with Crippen molar-refractivity contribution >= 4 is 17.3 Å². The molecule has 1 saturated heterocycles. The number of piperidine rings is 1. The van der Waals surface area contributed by atoms with Crippen LogP contribution in [0, 0.1) is 10.1 Å². The molecule has 1 aliphatic heterocycles. The summed E-state index contributed by atoms with van der Waals surface area (Å²) in [4.78, 5) is 26.2. The number of anilines is 1. The highest BCUT2D eigenvalue weighted by Crippen LogP contribution is 2.22. The fourth-order valence-electron chi connectivity index (χ4n) is 2.98. The highest BCUT2D eigenvalue weighted by atomic mass is 16.6. The van der Waals surface area contributed by atoms with Gasteiger partial charge in [-0.15, -0.1) is 0 Å². The predicted molar refractivity (Wildman–Crippen MR) is 87.4 cm³/mol. The molecule has 0 bridgehead atoms. The van der Waals surface area contributed by atoms with E-state index in [1.807, 2.05) is 4.90 Å². The largest absolute Gasteiger partial charge is 0.392 e. The lowest BCUT2D eigenvalue weighted by Crippen LogP contribution is -2.50. The summed E-state index contributed by atoms with van der Waals surface area (Å²) < 4.78 is 0. The van der Waals surface area contributed by atoms with Crippen molar-refractivity contribution in [3.05, 3.63) is 34.4 Å². The van der Waals surface area contributed by atoms with Gasteiger partial charge in [0.2, 0.25) is 5.91 Å². The normalized spacial score (nSPS) is 20.0. The Labute approximate surface area is 135 Å². The van der Waals surface area contributed by atoms with Crippen molar-refractivity contribution in [3.8, 4) is 0 Å². The van der Waals surface area contributed by atoms with Crippen molar-refractivity contribution in [2.45, 2.75) is 38.3 Å². The number of aliphatic hydroxyl groups is 1. The molecule has 0 saturated carbocycles. The number of hydrogen-bond acceptors (Lipinski definition) is 5. The molecular weight excluding hydrogens is 298 g/mol. The van der Waals surface area contributed by atoms with Gasteiger partial charge in [0.1, 0.15) is 0 Å². The van der Waals surface area contributed by atoms with Crippen LogP contribution in [-0.4, -0.2) is 53.1 Å². The smallest absolute Gasteiger partial charge is 0.269 e. The van der Waals surface area contributed by atoms with E-state index in [2.05, 4.69) is 0 Å². The molecule has 1 aromatic carbocycles. The number of nitrogens with zero attached hydrogens (tertiary/aromatic N) is 3. The van der Waals surface area contributed by atoms with Gasteiger partial charge < -0.3 is 10.0 Å². The van der Waals surface area contributed by atoms with E-state index < -0.39 is 11.0 Å².